The summed E-state index contributed by atoms with van der Waals surface area (Å²) in [5.41, 5.74) is 3.63. The zero-order valence-corrected chi connectivity index (χ0v) is 10.3. The first-order valence-electron chi connectivity index (χ1n) is 4.62. The van der Waals surface area contributed by atoms with Crippen LogP contribution in [0.3, 0.4) is 0 Å². The zero-order chi connectivity index (χ0) is 11.4. The van der Waals surface area contributed by atoms with Crippen LogP contribution >= 0.6 is 23.3 Å². The molecule has 2 aromatic rings. The number of aryl methyl sites for hydroxylation is 1. The van der Waals surface area contributed by atoms with Gasteiger partial charge in [0, 0.05) is 11.9 Å². The highest BCUT2D eigenvalue weighted by Gasteiger charge is 2.02. The molecule has 2 heterocycles. The number of hydrogen-bond donors (Lipinski definition) is 2. The van der Waals surface area contributed by atoms with Crippen molar-refractivity contribution in [2.24, 2.45) is 5.84 Å². The van der Waals surface area contributed by atoms with Crippen LogP contribution in [0.5, 0.6) is 0 Å². The van der Waals surface area contributed by atoms with Gasteiger partial charge < -0.3 is 5.43 Å². The Morgan fingerprint density at radius 1 is 1.50 bits per heavy atom. The second-order valence-corrected chi connectivity index (χ2v) is 5.07. The maximum atomic E-state index is 5.23. The van der Waals surface area contributed by atoms with Crippen LogP contribution in [0.25, 0.3) is 0 Å². The van der Waals surface area contributed by atoms with Crippen LogP contribution < -0.4 is 11.3 Å². The predicted octanol–water partition coefficient (Wildman–Crippen LogP) is 1.82. The van der Waals surface area contributed by atoms with Gasteiger partial charge in [0.15, 0.2) is 4.34 Å². The number of aromatic nitrogens is 3. The minimum Gasteiger partial charge on any atom is -0.308 e. The lowest BCUT2D eigenvalue weighted by atomic mass is 10.3. The van der Waals surface area contributed by atoms with E-state index < -0.39 is 0 Å². The number of nitrogen functional groups attached to an aromatic ring is 1. The van der Waals surface area contributed by atoms with Crippen LogP contribution in [-0.4, -0.2) is 14.3 Å². The van der Waals surface area contributed by atoms with E-state index in [1.807, 2.05) is 19.1 Å². The Bertz CT molecular complexity index is 453. The van der Waals surface area contributed by atoms with Crippen LogP contribution in [-0.2, 0) is 5.75 Å². The Morgan fingerprint density at radius 3 is 2.94 bits per heavy atom. The third kappa shape index (κ3) is 2.91. The number of anilines is 1. The fourth-order valence-corrected chi connectivity index (χ4v) is 2.66. The van der Waals surface area contributed by atoms with Crippen molar-refractivity contribution in [2.75, 3.05) is 5.43 Å². The number of pyridine rings is 1. The van der Waals surface area contributed by atoms with E-state index in [4.69, 9.17) is 5.84 Å². The van der Waals surface area contributed by atoms with Crippen LogP contribution in [0.1, 0.15) is 11.4 Å². The number of hydrogen-bond acceptors (Lipinski definition) is 7. The molecule has 3 N–H and O–H groups in total. The van der Waals surface area contributed by atoms with Gasteiger partial charge in [-0.3, -0.25) is 0 Å². The topological polar surface area (TPSA) is 76.7 Å². The van der Waals surface area contributed by atoms with Crippen LogP contribution in [0.4, 0.5) is 5.82 Å². The van der Waals surface area contributed by atoms with Crippen molar-refractivity contribution in [1.82, 2.24) is 14.3 Å². The third-order valence-electron chi connectivity index (χ3n) is 1.84. The Kier molecular flexibility index (Phi) is 3.70. The molecule has 0 radical (unpaired) electrons. The smallest absolute Gasteiger partial charge is 0.170 e. The highest BCUT2D eigenvalue weighted by molar-refractivity contribution is 8.00. The number of rotatable bonds is 4. The lowest BCUT2D eigenvalue weighted by Gasteiger charge is -2.00. The fourth-order valence-electron chi connectivity index (χ4n) is 1.08. The first kappa shape index (κ1) is 11.3. The normalized spacial score (nSPS) is 10.4. The van der Waals surface area contributed by atoms with E-state index in [1.54, 1.807) is 18.0 Å². The van der Waals surface area contributed by atoms with Crippen molar-refractivity contribution in [3.05, 3.63) is 29.7 Å². The van der Waals surface area contributed by atoms with E-state index in [-0.39, 0.29) is 0 Å². The average Bonchev–Trinajstić information content (AvgIpc) is 2.73. The molecule has 5 nitrogen and oxygen atoms in total. The number of hydrazine groups is 1. The second kappa shape index (κ2) is 5.24. The molecule has 0 bridgehead atoms. The van der Waals surface area contributed by atoms with E-state index in [9.17, 15) is 0 Å². The molecular formula is C9H11N5S2. The number of nitrogens with zero attached hydrogens (tertiary/aromatic N) is 3. The van der Waals surface area contributed by atoms with Crippen molar-refractivity contribution >= 4 is 29.1 Å². The summed E-state index contributed by atoms with van der Waals surface area (Å²) < 4.78 is 5.11. The van der Waals surface area contributed by atoms with Crippen molar-refractivity contribution in [3.8, 4) is 0 Å². The van der Waals surface area contributed by atoms with Gasteiger partial charge in [0.05, 0.1) is 0 Å². The predicted molar refractivity (Wildman–Crippen MR) is 66.3 cm³/mol. The Morgan fingerprint density at radius 2 is 2.38 bits per heavy atom. The molecule has 0 aliphatic carbocycles. The minimum atomic E-state index is 0.667. The van der Waals surface area contributed by atoms with Gasteiger partial charge in [-0.25, -0.2) is 15.8 Å². The fraction of sp³-hybridized carbons (Fsp3) is 0.222. The molecule has 0 saturated carbocycles. The molecule has 0 aromatic carbocycles. The number of thioether (sulfide) groups is 1. The van der Waals surface area contributed by atoms with Crippen molar-refractivity contribution in [3.63, 3.8) is 0 Å². The second-order valence-electron chi connectivity index (χ2n) is 3.09. The summed E-state index contributed by atoms with van der Waals surface area (Å²) in [6, 6.07) is 3.84. The molecule has 2 rings (SSSR count). The Labute approximate surface area is 102 Å². The monoisotopic (exact) mass is 253 g/mol. The molecule has 0 saturated heterocycles. The van der Waals surface area contributed by atoms with Crippen LogP contribution in [0.15, 0.2) is 22.7 Å². The van der Waals surface area contributed by atoms with Gasteiger partial charge in [0.1, 0.15) is 11.6 Å². The van der Waals surface area contributed by atoms with Gasteiger partial charge in [0.25, 0.3) is 0 Å². The van der Waals surface area contributed by atoms with Crippen molar-refractivity contribution in [2.45, 2.75) is 17.0 Å². The number of nitrogens with two attached hydrogens (primary N) is 1. The van der Waals surface area contributed by atoms with Crippen molar-refractivity contribution in [1.29, 1.82) is 0 Å². The summed E-state index contributed by atoms with van der Waals surface area (Å²) in [6.07, 6.45) is 1.80. The molecule has 84 valence electrons. The van der Waals surface area contributed by atoms with Gasteiger partial charge in [-0.2, -0.15) is 4.37 Å². The molecule has 0 aliphatic rings. The van der Waals surface area contributed by atoms with Gasteiger partial charge in [-0.05, 0) is 30.1 Å². The molecule has 0 spiro atoms. The molecule has 0 aliphatic heterocycles. The summed E-state index contributed by atoms with van der Waals surface area (Å²) >= 11 is 3.09. The van der Waals surface area contributed by atoms with E-state index in [0.717, 1.165) is 21.5 Å². The summed E-state index contributed by atoms with van der Waals surface area (Å²) in [5, 5.41) is 0. The highest BCUT2D eigenvalue weighted by Crippen LogP contribution is 2.24. The standard InChI is InChI=1S/C9H11N5S2/c1-6-12-9(16-14-6)15-5-7-2-3-8(13-10)11-4-7/h2-4H,5,10H2,1H3,(H,11,13). The van der Waals surface area contributed by atoms with Gasteiger partial charge in [-0.1, -0.05) is 17.8 Å². The third-order valence-corrected chi connectivity index (χ3v) is 3.84. The molecule has 16 heavy (non-hydrogen) atoms. The maximum Gasteiger partial charge on any atom is 0.170 e. The van der Waals surface area contributed by atoms with Gasteiger partial charge >= 0.3 is 0 Å². The minimum absolute atomic E-state index is 0.667. The van der Waals surface area contributed by atoms with E-state index in [2.05, 4.69) is 19.8 Å². The Balaban J connectivity index is 1.94. The molecular weight excluding hydrogens is 242 g/mol. The Hall–Kier alpha value is -1.18. The zero-order valence-electron chi connectivity index (χ0n) is 8.67. The molecule has 7 heteroatoms. The largest absolute Gasteiger partial charge is 0.308 e. The van der Waals surface area contributed by atoms with E-state index in [1.165, 1.54) is 11.5 Å². The summed E-state index contributed by atoms with van der Waals surface area (Å²) in [5.74, 6) is 7.57. The molecule has 0 amide bonds. The van der Waals surface area contributed by atoms with Gasteiger partial charge in [-0.15, -0.1) is 0 Å². The molecule has 2 aromatic heterocycles. The number of nitrogens with one attached hydrogen (secondary N) is 1. The summed E-state index contributed by atoms with van der Waals surface area (Å²) in [7, 11) is 0. The van der Waals surface area contributed by atoms with E-state index >= 15 is 0 Å². The summed E-state index contributed by atoms with van der Waals surface area (Å²) in [6.45, 7) is 1.89. The molecule has 0 fully saturated rings. The van der Waals surface area contributed by atoms with E-state index in [0.29, 0.717) is 5.82 Å². The van der Waals surface area contributed by atoms with Gasteiger partial charge in [0.2, 0.25) is 0 Å². The lowest BCUT2D eigenvalue weighted by Crippen LogP contribution is -2.08. The first-order chi connectivity index (χ1) is 7.78. The maximum absolute atomic E-state index is 5.23. The quantitative estimate of drug-likeness (QED) is 0.492. The average molecular weight is 253 g/mol. The first-order valence-corrected chi connectivity index (χ1v) is 6.38. The SMILES string of the molecule is Cc1nsc(SCc2ccc(NN)nc2)n1. The molecule has 0 atom stereocenters. The lowest BCUT2D eigenvalue weighted by molar-refractivity contribution is 1.10. The summed E-state index contributed by atoms with van der Waals surface area (Å²) in [4.78, 5) is 8.41. The van der Waals surface area contributed by atoms with Crippen molar-refractivity contribution < 1.29 is 0 Å². The molecule has 0 unspecified atom stereocenters. The van der Waals surface area contributed by atoms with Crippen LogP contribution in [0, 0.1) is 6.92 Å². The van der Waals surface area contributed by atoms with Crippen LogP contribution in [0.2, 0.25) is 0 Å². The highest BCUT2D eigenvalue weighted by atomic mass is 32.2.